The predicted octanol–water partition coefficient (Wildman–Crippen LogP) is 1.24. The summed E-state index contributed by atoms with van der Waals surface area (Å²) in [6.07, 6.45) is 1.72. The van der Waals surface area contributed by atoms with Gasteiger partial charge < -0.3 is 4.90 Å². The topological polar surface area (TPSA) is 58.9 Å². The third-order valence-electron chi connectivity index (χ3n) is 6.48. The van der Waals surface area contributed by atoms with Crippen LogP contribution in [0.2, 0.25) is 0 Å². The molecule has 28 heavy (non-hydrogen) atoms. The summed E-state index contributed by atoms with van der Waals surface area (Å²) in [6, 6.07) is 14.1. The van der Waals surface area contributed by atoms with Gasteiger partial charge in [0.05, 0.1) is 12.2 Å². The molecule has 3 fully saturated rings. The molecule has 0 spiro atoms. The fourth-order valence-corrected chi connectivity index (χ4v) is 5.39. The maximum atomic E-state index is 14.3. The molecule has 0 saturated carbocycles. The van der Waals surface area contributed by atoms with E-state index >= 15 is 0 Å². The number of Topliss-reactive ketones (excluding diaryl/α,β-unsaturated/α-hetero) is 1. The van der Waals surface area contributed by atoms with E-state index in [4.69, 9.17) is 0 Å². The number of rotatable bonds is 3. The number of hydrogen-bond acceptors (Lipinski definition) is 3. The van der Waals surface area contributed by atoms with Gasteiger partial charge in [-0.05, 0) is 12.1 Å². The number of nitrogens with one attached hydrogen (secondary N) is 1. The van der Waals surface area contributed by atoms with Crippen molar-refractivity contribution in [2.75, 3.05) is 11.4 Å². The average molecular weight is 379 g/mol. The van der Waals surface area contributed by atoms with E-state index in [0.717, 1.165) is 29.2 Å². The van der Waals surface area contributed by atoms with E-state index < -0.39 is 29.6 Å². The van der Waals surface area contributed by atoms with Crippen molar-refractivity contribution in [2.24, 2.45) is 11.8 Å². The van der Waals surface area contributed by atoms with Gasteiger partial charge in [0.15, 0.2) is 6.04 Å². The molecule has 1 N–H and O–H groups in total. The number of anilines is 1. The third kappa shape index (κ3) is 2.31. The normalized spacial score (nSPS) is 31.2. The van der Waals surface area contributed by atoms with Crippen LogP contribution in [0.4, 0.5) is 10.1 Å². The van der Waals surface area contributed by atoms with Crippen LogP contribution in [-0.4, -0.2) is 36.2 Å². The lowest BCUT2D eigenvalue weighted by Gasteiger charge is -2.25. The molecule has 0 aliphatic carbocycles. The van der Waals surface area contributed by atoms with Crippen molar-refractivity contribution in [1.82, 2.24) is 0 Å². The SMILES string of the molecule is O=C(c1ccccc1)[C@H]1[C@H]2C(=O)N(c3ccccc3F)C(=O)[C@@H]2[C@H]2CCC[NH+]21. The second kappa shape index (κ2) is 6.34. The van der Waals surface area contributed by atoms with E-state index in [9.17, 15) is 18.8 Å². The Hall–Kier alpha value is -2.86. The summed E-state index contributed by atoms with van der Waals surface area (Å²) in [5, 5.41) is 0. The van der Waals surface area contributed by atoms with Crippen LogP contribution < -0.4 is 9.80 Å². The molecule has 3 saturated heterocycles. The fourth-order valence-electron chi connectivity index (χ4n) is 5.39. The highest BCUT2D eigenvalue weighted by atomic mass is 19.1. The van der Waals surface area contributed by atoms with Crippen molar-refractivity contribution in [3.05, 3.63) is 66.0 Å². The Balaban J connectivity index is 1.58. The van der Waals surface area contributed by atoms with E-state index in [-0.39, 0.29) is 23.4 Å². The lowest BCUT2D eigenvalue weighted by Crippen LogP contribution is -3.16. The Kier molecular flexibility index (Phi) is 3.91. The molecule has 2 amide bonds. The van der Waals surface area contributed by atoms with E-state index in [1.165, 1.54) is 18.2 Å². The van der Waals surface area contributed by atoms with E-state index in [1.54, 1.807) is 30.3 Å². The smallest absolute Gasteiger partial charge is 0.244 e. The highest BCUT2D eigenvalue weighted by Gasteiger charge is 2.68. The van der Waals surface area contributed by atoms with Gasteiger partial charge in [0, 0.05) is 18.4 Å². The predicted molar refractivity (Wildman–Crippen MR) is 99.3 cm³/mol. The molecule has 3 aliphatic rings. The summed E-state index contributed by atoms with van der Waals surface area (Å²) >= 11 is 0. The van der Waals surface area contributed by atoms with Crippen molar-refractivity contribution in [1.29, 1.82) is 0 Å². The zero-order valence-corrected chi connectivity index (χ0v) is 15.2. The molecule has 142 valence electrons. The molecule has 2 aromatic carbocycles. The molecule has 3 heterocycles. The molecule has 5 atom stereocenters. The van der Waals surface area contributed by atoms with Gasteiger partial charge in [-0.25, -0.2) is 9.29 Å². The number of imide groups is 1. The molecule has 3 aliphatic heterocycles. The van der Waals surface area contributed by atoms with E-state index in [1.807, 2.05) is 6.07 Å². The number of carbonyl (C=O) groups is 3. The minimum Gasteiger partial charge on any atom is -0.322 e. The molecular weight excluding hydrogens is 359 g/mol. The van der Waals surface area contributed by atoms with Crippen LogP contribution in [0, 0.1) is 17.7 Å². The first-order valence-electron chi connectivity index (χ1n) is 9.67. The number of benzene rings is 2. The molecule has 2 aromatic rings. The lowest BCUT2D eigenvalue weighted by atomic mass is 9.85. The zero-order chi connectivity index (χ0) is 19.4. The number of para-hydroxylation sites is 1. The van der Waals surface area contributed by atoms with Crippen LogP contribution in [0.3, 0.4) is 0 Å². The van der Waals surface area contributed by atoms with E-state index in [0.29, 0.717) is 5.56 Å². The maximum absolute atomic E-state index is 14.3. The first-order valence-corrected chi connectivity index (χ1v) is 9.67. The van der Waals surface area contributed by atoms with Crippen LogP contribution in [0.1, 0.15) is 23.2 Å². The van der Waals surface area contributed by atoms with Crippen LogP contribution in [0.15, 0.2) is 54.6 Å². The van der Waals surface area contributed by atoms with Crippen molar-refractivity contribution in [2.45, 2.75) is 24.9 Å². The highest BCUT2D eigenvalue weighted by molar-refractivity contribution is 6.24. The summed E-state index contributed by atoms with van der Waals surface area (Å²) in [5.74, 6) is -2.80. The Morgan fingerprint density at radius 3 is 2.39 bits per heavy atom. The second-order valence-electron chi connectivity index (χ2n) is 7.80. The molecule has 1 unspecified atom stereocenters. The van der Waals surface area contributed by atoms with Crippen molar-refractivity contribution >= 4 is 23.3 Å². The number of halogens is 1. The number of carbonyl (C=O) groups excluding carboxylic acids is 3. The summed E-state index contributed by atoms with van der Waals surface area (Å²) < 4.78 is 14.3. The molecule has 6 heteroatoms. The minimum atomic E-state index is -0.722. The quantitative estimate of drug-likeness (QED) is 0.645. The van der Waals surface area contributed by atoms with Gasteiger partial charge in [0.1, 0.15) is 23.7 Å². The monoisotopic (exact) mass is 379 g/mol. The molecule has 0 radical (unpaired) electrons. The highest BCUT2D eigenvalue weighted by Crippen LogP contribution is 2.40. The molecule has 0 bridgehead atoms. The number of hydrogen-bond donors (Lipinski definition) is 1. The van der Waals surface area contributed by atoms with Crippen LogP contribution >= 0.6 is 0 Å². The number of nitrogens with zero attached hydrogens (tertiary/aromatic N) is 1. The molecular formula is C22H20FN2O3+. The van der Waals surface area contributed by atoms with Crippen molar-refractivity contribution in [3.8, 4) is 0 Å². The summed E-state index contributed by atoms with van der Waals surface area (Å²) in [4.78, 5) is 41.8. The third-order valence-corrected chi connectivity index (χ3v) is 6.48. The van der Waals surface area contributed by atoms with Gasteiger partial charge in [-0.1, -0.05) is 42.5 Å². The maximum Gasteiger partial charge on any atom is 0.244 e. The first kappa shape index (κ1) is 17.3. The Labute approximate surface area is 161 Å². The Morgan fingerprint density at radius 2 is 1.64 bits per heavy atom. The average Bonchev–Trinajstić information content (AvgIpc) is 3.35. The van der Waals surface area contributed by atoms with Crippen LogP contribution in [0.5, 0.6) is 0 Å². The van der Waals surface area contributed by atoms with Gasteiger partial charge in [-0.3, -0.25) is 14.4 Å². The number of ketones is 1. The van der Waals surface area contributed by atoms with E-state index in [2.05, 4.69) is 0 Å². The van der Waals surface area contributed by atoms with Gasteiger partial charge >= 0.3 is 0 Å². The standard InChI is InChI=1S/C22H19FN2O3/c23-14-9-4-5-10-15(14)25-21(27)17-16-11-6-12-24(16)19(18(17)22(25)28)20(26)13-7-2-1-3-8-13/h1-5,7-10,16-19H,6,11-12H2/p+1/t16-,17-,18+,19-/m1/s1. The van der Waals surface area contributed by atoms with Gasteiger partial charge in [-0.2, -0.15) is 0 Å². The summed E-state index contributed by atoms with van der Waals surface area (Å²) in [7, 11) is 0. The van der Waals surface area contributed by atoms with Crippen LogP contribution in [-0.2, 0) is 9.59 Å². The first-order chi connectivity index (χ1) is 13.6. The number of quaternary nitrogens is 1. The zero-order valence-electron chi connectivity index (χ0n) is 15.2. The lowest BCUT2D eigenvalue weighted by molar-refractivity contribution is -0.915. The number of fused-ring (bicyclic) bond motifs is 3. The molecule has 0 aromatic heterocycles. The fraction of sp³-hybridized carbons (Fsp3) is 0.318. The van der Waals surface area contributed by atoms with Gasteiger partial charge in [-0.15, -0.1) is 0 Å². The Morgan fingerprint density at radius 1 is 0.964 bits per heavy atom. The van der Waals surface area contributed by atoms with Crippen molar-refractivity contribution in [3.63, 3.8) is 0 Å². The van der Waals surface area contributed by atoms with Gasteiger partial charge in [0.25, 0.3) is 0 Å². The number of amides is 2. The molecule has 5 rings (SSSR count). The van der Waals surface area contributed by atoms with Crippen molar-refractivity contribution < 1.29 is 23.7 Å². The van der Waals surface area contributed by atoms with Crippen LogP contribution in [0.25, 0.3) is 0 Å². The second-order valence-corrected chi connectivity index (χ2v) is 7.80. The summed E-state index contributed by atoms with van der Waals surface area (Å²) in [5.41, 5.74) is 0.535. The largest absolute Gasteiger partial charge is 0.322 e. The minimum absolute atomic E-state index is 0.0163. The molecule has 5 nitrogen and oxygen atoms in total. The summed E-state index contributed by atoms with van der Waals surface area (Å²) in [6.45, 7) is 0.779. The van der Waals surface area contributed by atoms with Gasteiger partial charge in [0.2, 0.25) is 17.6 Å². The Bertz CT molecular complexity index is 977.